The highest BCUT2D eigenvalue weighted by molar-refractivity contribution is 5.97. The number of fused-ring (bicyclic) bond motifs is 2. The van der Waals surface area contributed by atoms with E-state index in [1.807, 2.05) is 24.3 Å². The van der Waals surface area contributed by atoms with Gasteiger partial charge in [0, 0.05) is 17.5 Å². The minimum absolute atomic E-state index is 0.0366. The number of amides is 1. The van der Waals surface area contributed by atoms with E-state index in [1.54, 1.807) is 18.2 Å². The zero-order chi connectivity index (χ0) is 14.9. The molecular formula is C16H14N4O2. The van der Waals surface area contributed by atoms with Crippen molar-refractivity contribution in [1.82, 2.24) is 20.7 Å². The van der Waals surface area contributed by atoms with Gasteiger partial charge in [-0.3, -0.25) is 4.79 Å². The summed E-state index contributed by atoms with van der Waals surface area (Å²) in [5, 5.41) is 13.6. The van der Waals surface area contributed by atoms with Crippen LogP contribution in [0.5, 0.6) is 5.75 Å². The van der Waals surface area contributed by atoms with E-state index in [2.05, 4.69) is 20.7 Å². The first kappa shape index (κ1) is 12.8. The molecule has 3 aromatic rings. The Kier molecular flexibility index (Phi) is 3.00. The molecule has 1 aromatic heterocycles. The van der Waals surface area contributed by atoms with Gasteiger partial charge in [-0.15, -0.1) is 0 Å². The van der Waals surface area contributed by atoms with Crippen LogP contribution in [0.3, 0.4) is 0 Å². The molecule has 1 amide bonds. The Hall–Kier alpha value is -2.89. The van der Waals surface area contributed by atoms with E-state index < -0.39 is 0 Å². The highest BCUT2D eigenvalue weighted by atomic mass is 16.5. The number of benzene rings is 2. The molecule has 0 aliphatic carbocycles. The van der Waals surface area contributed by atoms with E-state index in [0.717, 1.165) is 23.3 Å². The Balaban J connectivity index is 1.59. The molecule has 22 heavy (non-hydrogen) atoms. The smallest absolute Gasteiger partial charge is 0.251 e. The molecule has 0 bridgehead atoms. The molecule has 110 valence electrons. The zero-order valence-electron chi connectivity index (χ0n) is 11.7. The van der Waals surface area contributed by atoms with Crippen LogP contribution in [0.25, 0.3) is 11.0 Å². The van der Waals surface area contributed by atoms with Gasteiger partial charge in [0.2, 0.25) is 0 Å². The van der Waals surface area contributed by atoms with Crippen molar-refractivity contribution < 1.29 is 9.53 Å². The summed E-state index contributed by atoms with van der Waals surface area (Å²) in [4.78, 5) is 12.5. The molecule has 0 spiro atoms. The molecule has 2 heterocycles. The number of hydrogen-bond acceptors (Lipinski definition) is 4. The molecule has 1 aliphatic heterocycles. The molecular weight excluding hydrogens is 280 g/mol. The van der Waals surface area contributed by atoms with Gasteiger partial charge in [-0.05, 0) is 24.3 Å². The van der Waals surface area contributed by atoms with Crippen LogP contribution in [0.4, 0.5) is 0 Å². The number of aromatic amines is 1. The SMILES string of the molecule is O=C(NC1CCOc2ccccc21)c1ccc2n[nH]nc2c1. The summed E-state index contributed by atoms with van der Waals surface area (Å²) in [5.41, 5.74) is 3.02. The highest BCUT2D eigenvalue weighted by Gasteiger charge is 2.23. The van der Waals surface area contributed by atoms with Gasteiger partial charge in [0.1, 0.15) is 16.8 Å². The van der Waals surface area contributed by atoms with Crippen molar-refractivity contribution in [2.75, 3.05) is 6.61 Å². The van der Waals surface area contributed by atoms with Crippen molar-refractivity contribution in [3.05, 3.63) is 53.6 Å². The van der Waals surface area contributed by atoms with E-state index >= 15 is 0 Å². The first-order valence-corrected chi connectivity index (χ1v) is 7.14. The topological polar surface area (TPSA) is 79.9 Å². The Labute approximate surface area is 126 Å². The largest absolute Gasteiger partial charge is 0.493 e. The summed E-state index contributed by atoms with van der Waals surface area (Å²) < 4.78 is 5.61. The van der Waals surface area contributed by atoms with Gasteiger partial charge in [0.05, 0.1) is 12.6 Å². The number of para-hydroxylation sites is 1. The zero-order valence-corrected chi connectivity index (χ0v) is 11.7. The van der Waals surface area contributed by atoms with Gasteiger partial charge in [0.15, 0.2) is 0 Å². The van der Waals surface area contributed by atoms with Crippen molar-refractivity contribution in [1.29, 1.82) is 0 Å². The predicted octanol–water partition coefficient (Wildman–Crippen LogP) is 2.21. The van der Waals surface area contributed by atoms with E-state index in [4.69, 9.17) is 4.74 Å². The van der Waals surface area contributed by atoms with Crippen molar-refractivity contribution in [3.63, 3.8) is 0 Å². The van der Waals surface area contributed by atoms with Gasteiger partial charge in [-0.2, -0.15) is 15.4 Å². The molecule has 6 nitrogen and oxygen atoms in total. The van der Waals surface area contributed by atoms with Crippen LogP contribution in [-0.2, 0) is 0 Å². The van der Waals surface area contributed by atoms with Crippen molar-refractivity contribution in [2.24, 2.45) is 0 Å². The molecule has 1 atom stereocenters. The predicted molar refractivity (Wildman–Crippen MR) is 80.6 cm³/mol. The van der Waals surface area contributed by atoms with Gasteiger partial charge < -0.3 is 10.1 Å². The minimum atomic E-state index is -0.119. The molecule has 0 saturated heterocycles. The van der Waals surface area contributed by atoms with Crippen LogP contribution in [0.1, 0.15) is 28.4 Å². The fourth-order valence-electron chi connectivity index (χ4n) is 2.72. The summed E-state index contributed by atoms with van der Waals surface area (Å²) in [5.74, 6) is 0.720. The lowest BCUT2D eigenvalue weighted by molar-refractivity contribution is 0.0925. The number of carbonyl (C=O) groups excluding carboxylic acids is 1. The van der Waals surface area contributed by atoms with Gasteiger partial charge in [-0.25, -0.2) is 0 Å². The molecule has 1 unspecified atom stereocenters. The van der Waals surface area contributed by atoms with E-state index in [0.29, 0.717) is 17.7 Å². The van der Waals surface area contributed by atoms with Crippen LogP contribution in [-0.4, -0.2) is 27.9 Å². The first-order valence-electron chi connectivity index (χ1n) is 7.14. The Morgan fingerprint density at radius 2 is 2.05 bits per heavy atom. The summed E-state index contributed by atoms with van der Waals surface area (Å²) in [6.45, 7) is 0.601. The van der Waals surface area contributed by atoms with Crippen LogP contribution in [0.15, 0.2) is 42.5 Å². The highest BCUT2D eigenvalue weighted by Crippen LogP contribution is 2.31. The number of aromatic nitrogens is 3. The van der Waals surface area contributed by atoms with E-state index in [9.17, 15) is 4.79 Å². The number of hydrogen-bond donors (Lipinski definition) is 2. The second-order valence-electron chi connectivity index (χ2n) is 5.23. The van der Waals surface area contributed by atoms with Crippen LogP contribution in [0.2, 0.25) is 0 Å². The number of ether oxygens (including phenoxy) is 1. The Morgan fingerprint density at radius 3 is 3.00 bits per heavy atom. The Morgan fingerprint density at radius 1 is 1.18 bits per heavy atom. The molecule has 4 rings (SSSR count). The molecule has 0 saturated carbocycles. The third-order valence-corrected chi connectivity index (χ3v) is 3.84. The lowest BCUT2D eigenvalue weighted by atomic mass is 10.00. The summed E-state index contributed by atoms with van der Waals surface area (Å²) in [7, 11) is 0. The molecule has 6 heteroatoms. The number of rotatable bonds is 2. The second kappa shape index (κ2) is 5.14. The molecule has 2 N–H and O–H groups in total. The fraction of sp³-hybridized carbons (Fsp3) is 0.188. The number of H-pyrrole nitrogens is 1. The third kappa shape index (κ3) is 2.18. The van der Waals surface area contributed by atoms with Gasteiger partial charge in [0.25, 0.3) is 5.91 Å². The first-order chi connectivity index (χ1) is 10.8. The average Bonchev–Trinajstić information content (AvgIpc) is 3.02. The van der Waals surface area contributed by atoms with E-state index in [1.165, 1.54) is 0 Å². The minimum Gasteiger partial charge on any atom is -0.493 e. The fourth-order valence-corrected chi connectivity index (χ4v) is 2.72. The lowest BCUT2D eigenvalue weighted by Gasteiger charge is -2.26. The monoisotopic (exact) mass is 294 g/mol. The number of carbonyl (C=O) groups is 1. The van der Waals surface area contributed by atoms with Crippen molar-refractivity contribution in [2.45, 2.75) is 12.5 Å². The summed E-state index contributed by atoms with van der Waals surface area (Å²) >= 11 is 0. The van der Waals surface area contributed by atoms with Crippen LogP contribution < -0.4 is 10.1 Å². The van der Waals surface area contributed by atoms with Crippen molar-refractivity contribution >= 4 is 16.9 Å². The van der Waals surface area contributed by atoms with Gasteiger partial charge in [-0.1, -0.05) is 18.2 Å². The van der Waals surface area contributed by atoms with Crippen LogP contribution >= 0.6 is 0 Å². The normalized spacial score (nSPS) is 16.8. The summed E-state index contributed by atoms with van der Waals surface area (Å²) in [6, 6.07) is 13.0. The quantitative estimate of drug-likeness (QED) is 0.759. The second-order valence-corrected chi connectivity index (χ2v) is 5.23. The van der Waals surface area contributed by atoms with Gasteiger partial charge >= 0.3 is 0 Å². The maximum atomic E-state index is 12.5. The molecule has 2 aromatic carbocycles. The number of nitrogens with one attached hydrogen (secondary N) is 2. The molecule has 0 fully saturated rings. The Bertz CT molecular complexity index is 843. The van der Waals surface area contributed by atoms with Crippen LogP contribution in [0, 0.1) is 0 Å². The average molecular weight is 294 g/mol. The number of nitrogens with zero attached hydrogens (tertiary/aromatic N) is 2. The molecule has 0 radical (unpaired) electrons. The maximum Gasteiger partial charge on any atom is 0.251 e. The summed E-state index contributed by atoms with van der Waals surface area (Å²) in [6.07, 6.45) is 0.759. The van der Waals surface area contributed by atoms with Crippen molar-refractivity contribution in [3.8, 4) is 5.75 Å². The third-order valence-electron chi connectivity index (χ3n) is 3.84. The lowest BCUT2D eigenvalue weighted by Crippen LogP contribution is -2.32. The molecule has 1 aliphatic rings. The standard InChI is InChI=1S/C16H14N4O2/c21-16(10-5-6-13-14(9-10)19-20-18-13)17-12-7-8-22-15-4-2-1-3-11(12)15/h1-6,9,12H,7-8H2,(H,17,21)(H,18,19,20). The maximum absolute atomic E-state index is 12.5. The van der Waals surface area contributed by atoms with E-state index in [-0.39, 0.29) is 11.9 Å².